The van der Waals surface area contributed by atoms with E-state index in [0.717, 1.165) is 23.1 Å². The molecule has 5 nitrogen and oxygen atoms in total. The van der Waals surface area contributed by atoms with Crippen LogP contribution < -0.4 is 5.32 Å². The highest BCUT2D eigenvalue weighted by atomic mass is 19.4. The van der Waals surface area contributed by atoms with Gasteiger partial charge in [-0.1, -0.05) is 30.3 Å². The standard InChI is InChI=1S/C26H24F6N2O3/c1-24(2,3)37-23(36)34-21(12-16-14-33-20-7-5-4-6-18(16)20)22(35)11-9-15-8-10-17(25(27,28)29)13-19(15)26(30,31)32/h4-11,13-14,21,33H,12H2,1-3H3,(H,34,36)/b11-9+. The van der Waals surface area contributed by atoms with E-state index in [-0.39, 0.29) is 12.5 Å². The van der Waals surface area contributed by atoms with Gasteiger partial charge in [-0.15, -0.1) is 0 Å². The molecule has 1 atom stereocenters. The molecule has 3 rings (SSSR count). The zero-order chi connectivity index (χ0) is 27.6. The Balaban J connectivity index is 1.93. The third kappa shape index (κ3) is 7.37. The minimum atomic E-state index is -5.10. The topological polar surface area (TPSA) is 71.2 Å². The molecule has 0 saturated carbocycles. The number of carbonyl (C=O) groups is 2. The maximum absolute atomic E-state index is 13.5. The monoisotopic (exact) mass is 526 g/mol. The first-order chi connectivity index (χ1) is 17.0. The van der Waals surface area contributed by atoms with Crippen LogP contribution in [-0.4, -0.2) is 28.5 Å². The van der Waals surface area contributed by atoms with Crippen molar-refractivity contribution >= 4 is 28.9 Å². The predicted molar refractivity (Wildman–Crippen MR) is 126 cm³/mol. The lowest BCUT2D eigenvalue weighted by molar-refractivity contribution is -0.143. The summed E-state index contributed by atoms with van der Waals surface area (Å²) in [6.45, 7) is 4.85. The molecular formula is C26H24F6N2O3. The quantitative estimate of drug-likeness (QED) is 0.271. The van der Waals surface area contributed by atoms with Crippen molar-refractivity contribution in [3.63, 3.8) is 0 Å². The van der Waals surface area contributed by atoms with Crippen LogP contribution in [-0.2, 0) is 28.3 Å². The van der Waals surface area contributed by atoms with E-state index in [9.17, 15) is 35.9 Å². The molecule has 0 bridgehead atoms. The highest BCUT2D eigenvalue weighted by molar-refractivity contribution is 6.00. The van der Waals surface area contributed by atoms with Crippen molar-refractivity contribution in [2.45, 2.75) is 51.2 Å². The van der Waals surface area contributed by atoms with E-state index in [2.05, 4.69) is 10.3 Å². The van der Waals surface area contributed by atoms with Crippen molar-refractivity contribution < 1.29 is 40.7 Å². The molecule has 1 aromatic heterocycles. The average molecular weight is 526 g/mol. The van der Waals surface area contributed by atoms with Crippen LogP contribution in [0.25, 0.3) is 17.0 Å². The third-order valence-corrected chi connectivity index (χ3v) is 5.25. The number of aromatic amines is 1. The number of hydrogen-bond acceptors (Lipinski definition) is 3. The number of alkyl halides is 6. The average Bonchev–Trinajstić information content (AvgIpc) is 3.17. The van der Waals surface area contributed by atoms with Crippen LogP contribution in [0.5, 0.6) is 0 Å². The minimum Gasteiger partial charge on any atom is -0.444 e. The van der Waals surface area contributed by atoms with Crippen molar-refractivity contribution in [3.05, 3.63) is 77.0 Å². The Kier molecular flexibility index (Phi) is 7.75. The van der Waals surface area contributed by atoms with Crippen LogP contribution >= 0.6 is 0 Å². The maximum Gasteiger partial charge on any atom is 0.417 e. The molecule has 2 N–H and O–H groups in total. The number of carbonyl (C=O) groups excluding carboxylic acids is 2. The number of H-pyrrole nitrogens is 1. The van der Waals surface area contributed by atoms with Gasteiger partial charge in [0, 0.05) is 23.5 Å². The number of ether oxygens (including phenoxy) is 1. The second kappa shape index (κ2) is 10.3. The number of benzene rings is 2. The van der Waals surface area contributed by atoms with Crippen LogP contribution in [0.3, 0.4) is 0 Å². The summed E-state index contributed by atoms with van der Waals surface area (Å²) in [4.78, 5) is 28.5. The van der Waals surface area contributed by atoms with Crippen molar-refractivity contribution in [1.82, 2.24) is 10.3 Å². The number of rotatable bonds is 6. The van der Waals surface area contributed by atoms with Gasteiger partial charge in [0.2, 0.25) is 0 Å². The number of halogens is 6. The summed E-state index contributed by atoms with van der Waals surface area (Å²) in [6.07, 6.45) is -7.78. The summed E-state index contributed by atoms with van der Waals surface area (Å²) in [7, 11) is 0. The van der Waals surface area contributed by atoms with Gasteiger partial charge < -0.3 is 15.0 Å². The Labute approximate surface area is 208 Å². The molecule has 37 heavy (non-hydrogen) atoms. The van der Waals surface area contributed by atoms with Crippen LogP contribution in [0.15, 0.2) is 54.7 Å². The van der Waals surface area contributed by atoms with Gasteiger partial charge in [-0.05, 0) is 56.2 Å². The van der Waals surface area contributed by atoms with Gasteiger partial charge >= 0.3 is 18.4 Å². The van der Waals surface area contributed by atoms with Gasteiger partial charge in [-0.2, -0.15) is 26.3 Å². The third-order valence-electron chi connectivity index (χ3n) is 5.25. The molecule has 2 aromatic carbocycles. The van der Waals surface area contributed by atoms with Crippen molar-refractivity contribution in [2.75, 3.05) is 0 Å². The largest absolute Gasteiger partial charge is 0.444 e. The number of fused-ring (bicyclic) bond motifs is 1. The van der Waals surface area contributed by atoms with Gasteiger partial charge in [0.1, 0.15) is 5.60 Å². The Hall–Kier alpha value is -3.76. The van der Waals surface area contributed by atoms with E-state index in [0.29, 0.717) is 17.7 Å². The number of aromatic nitrogens is 1. The summed E-state index contributed by atoms with van der Waals surface area (Å²) in [5.41, 5.74) is -3.08. The highest BCUT2D eigenvalue weighted by Crippen LogP contribution is 2.37. The van der Waals surface area contributed by atoms with E-state index >= 15 is 0 Å². The van der Waals surface area contributed by atoms with E-state index < -0.39 is 52.6 Å². The smallest absolute Gasteiger partial charge is 0.417 e. The molecule has 0 aliphatic rings. The summed E-state index contributed by atoms with van der Waals surface area (Å²) >= 11 is 0. The summed E-state index contributed by atoms with van der Waals surface area (Å²) < 4.78 is 84.4. The summed E-state index contributed by atoms with van der Waals surface area (Å²) in [5, 5.41) is 3.21. The molecule has 0 aliphatic carbocycles. The summed E-state index contributed by atoms with van der Waals surface area (Å²) in [5.74, 6) is -0.774. The van der Waals surface area contributed by atoms with E-state index in [1.54, 1.807) is 51.2 Å². The van der Waals surface area contributed by atoms with Crippen molar-refractivity contribution in [3.8, 4) is 0 Å². The zero-order valence-electron chi connectivity index (χ0n) is 20.1. The molecular weight excluding hydrogens is 502 g/mol. The first-order valence-electron chi connectivity index (χ1n) is 11.1. The molecule has 1 unspecified atom stereocenters. The fourth-order valence-electron chi connectivity index (χ4n) is 3.60. The fourth-order valence-corrected chi connectivity index (χ4v) is 3.60. The molecule has 3 aromatic rings. The van der Waals surface area contributed by atoms with Crippen LogP contribution in [0, 0.1) is 0 Å². The lowest BCUT2D eigenvalue weighted by Gasteiger charge is -2.22. The summed E-state index contributed by atoms with van der Waals surface area (Å²) in [6, 6.07) is 7.09. The van der Waals surface area contributed by atoms with Gasteiger partial charge in [-0.3, -0.25) is 4.79 Å². The first-order valence-corrected chi connectivity index (χ1v) is 11.1. The van der Waals surface area contributed by atoms with E-state index in [4.69, 9.17) is 4.74 Å². The van der Waals surface area contributed by atoms with E-state index in [1.807, 2.05) is 0 Å². The first kappa shape index (κ1) is 27.8. The van der Waals surface area contributed by atoms with E-state index in [1.165, 1.54) is 0 Å². The fraction of sp³-hybridized carbons (Fsp3) is 0.308. The molecule has 11 heteroatoms. The van der Waals surface area contributed by atoms with Crippen molar-refractivity contribution in [2.24, 2.45) is 0 Å². The predicted octanol–water partition coefficient (Wildman–Crippen LogP) is 6.92. The number of ketones is 1. The van der Waals surface area contributed by atoms with Crippen LogP contribution in [0.2, 0.25) is 0 Å². The number of hydrogen-bond donors (Lipinski definition) is 2. The molecule has 1 amide bonds. The Morgan fingerprint density at radius 3 is 2.30 bits per heavy atom. The van der Waals surface area contributed by atoms with Gasteiger partial charge in [0.15, 0.2) is 5.78 Å². The van der Waals surface area contributed by atoms with Crippen LogP contribution in [0.4, 0.5) is 31.1 Å². The Morgan fingerprint density at radius 2 is 1.68 bits per heavy atom. The number of para-hydroxylation sites is 1. The molecule has 198 valence electrons. The van der Waals surface area contributed by atoms with Gasteiger partial charge in [-0.25, -0.2) is 4.79 Å². The Morgan fingerprint density at radius 1 is 1.00 bits per heavy atom. The second-order valence-electron chi connectivity index (χ2n) is 9.30. The molecule has 0 aliphatic heterocycles. The lowest BCUT2D eigenvalue weighted by Crippen LogP contribution is -2.44. The van der Waals surface area contributed by atoms with Gasteiger partial charge in [0.05, 0.1) is 17.2 Å². The van der Waals surface area contributed by atoms with Gasteiger partial charge in [0.25, 0.3) is 0 Å². The normalized spacial score (nSPS) is 13.6. The maximum atomic E-state index is 13.5. The molecule has 0 saturated heterocycles. The van der Waals surface area contributed by atoms with Crippen molar-refractivity contribution in [1.29, 1.82) is 0 Å². The SMILES string of the molecule is CC(C)(C)OC(=O)NC(Cc1c[nH]c2ccccc12)C(=O)/C=C/c1ccc(C(F)(F)F)cc1C(F)(F)F. The molecule has 0 radical (unpaired) electrons. The number of alkyl carbamates (subject to hydrolysis) is 1. The highest BCUT2D eigenvalue weighted by Gasteiger charge is 2.37. The Bertz CT molecular complexity index is 1320. The molecule has 1 heterocycles. The molecule has 0 fully saturated rings. The molecule has 0 spiro atoms. The zero-order valence-corrected chi connectivity index (χ0v) is 20.1. The number of nitrogens with one attached hydrogen (secondary N) is 2. The second-order valence-corrected chi connectivity index (χ2v) is 9.30. The number of amides is 1. The minimum absolute atomic E-state index is 0.00742. The lowest BCUT2D eigenvalue weighted by atomic mass is 9.99. The van der Waals surface area contributed by atoms with Crippen LogP contribution in [0.1, 0.15) is 43.0 Å².